The summed E-state index contributed by atoms with van der Waals surface area (Å²) in [6.45, 7) is 1.66. The zero-order valence-electron chi connectivity index (χ0n) is 15.9. The number of benzene rings is 1. The van der Waals surface area contributed by atoms with E-state index >= 15 is 0 Å². The summed E-state index contributed by atoms with van der Waals surface area (Å²) in [5.74, 6) is -0.907. The number of aromatic nitrogens is 1. The summed E-state index contributed by atoms with van der Waals surface area (Å²) in [7, 11) is 3.32. The fourth-order valence-corrected chi connectivity index (χ4v) is 3.57. The highest BCUT2D eigenvalue weighted by atomic mass is 19.1. The van der Waals surface area contributed by atoms with Crippen molar-refractivity contribution in [3.8, 4) is 11.1 Å². The van der Waals surface area contributed by atoms with Gasteiger partial charge in [0.1, 0.15) is 11.5 Å². The normalized spacial score (nSPS) is 14.2. The maximum atomic E-state index is 14.2. The average molecular weight is 369 g/mol. The summed E-state index contributed by atoms with van der Waals surface area (Å²) in [6.07, 6.45) is 5.93. The second-order valence-corrected chi connectivity index (χ2v) is 7.00. The van der Waals surface area contributed by atoms with Crippen LogP contribution in [0.2, 0.25) is 0 Å². The van der Waals surface area contributed by atoms with Crippen molar-refractivity contribution in [2.45, 2.75) is 38.6 Å². The van der Waals surface area contributed by atoms with Gasteiger partial charge in [0.25, 0.3) is 11.8 Å². The Morgan fingerprint density at radius 1 is 1.22 bits per heavy atom. The first-order valence-electron chi connectivity index (χ1n) is 9.18. The van der Waals surface area contributed by atoms with E-state index in [1.165, 1.54) is 13.1 Å². The summed E-state index contributed by atoms with van der Waals surface area (Å²) in [6, 6.07) is 6.55. The number of pyridine rings is 1. The van der Waals surface area contributed by atoms with Crippen LogP contribution < -0.4 is 5.32 Å². The summed E-state index contributed by atoms with van der Waals surface area (Å²) in [5.41, 5.74) is 2.30. The molecule has 27 heavy (non-hydrogen) atoms. The van der Waals surface area contributed by atoms with E-state index in [0.29, 0.717) is 22.4 Å². The molecule has 3 rings (SSSR count). The number of halogens is 1. The second kappa shape index (κ2) is 7.86. The lowest BCUT2D eigenvalue weighted by molar-refractivity contribution is 0.0729. The zero-order valence-corrected chi connectivity index (χ0v) is 15.9. The van der Waals surface area contributed by atoms with Crippen molar-refractivity contribution >= 4 is 11.8 Å². The van der Waals surface area contributed by atoms with Crippen LogP contribution in [0.4, 0.5) is 4.39 Å². The smallest absolute Gasteiger partial charge is 0.272 e. The van der Waals surface area contributed by atoms with Crippen LogP contribution in [-0.2, 0) is 0 Å². The Morgan fingerprint density at radius 2 is 1.93 bits per heavy atom. The van der Waals surface area contributed by atoms with Crippen LogP contribution in [0.3, 0.4) is 0 Å². The molecule has 1 saturated carbocycles. The standard InChI is InChI=1S/C21H24FN3O2/c1-13-17(10-15(11-18(13)22)20(26)23-2)14-8-9-19(24-12-14)21(27)25(3)16-6-4-5-7-16/h8-12,16H,4-7H2,1-3H3,(H,23,26). The number of hydrogen-bond donors (Lipinski definition) is 1. The van der Waals surface area contributed by atoms with E-state index in [9.17, 15) is 14.0 Å². The quantitative estimate of drug-likeness (QED) is 0.896. The fraction of sp³-hybridized carbons (Fsp3) is 0.381. The van der Waals surface area contributed by atoms with Gasteiger partial charge in [0.2, 0.25) is 0 Å². The Morgan fingerprint density at radius 3 is 2.52 bits per heavy atom. The van der Waals surface area contributed by atoms with Gasteiger partial charge >= 0.3 is 0 Å². The molecular weight excluding hydrogens is 345 g/mol. The van der Waals surface area contributed by atoms with Crippen molar-refractivity contribution in [2.24, 2.45) is 0 Å². The molecular formula is C21H24FN3O2. The van der Waals surface area contributed by atoms with Crippen LogP contribution in [0, 0.1) is 12.7 Å². The Labute approximate surface area is 158 Å². The highest BCUT2D eigenvalue weighted by Crippen LogP contribution is 2.27. The molecule has 0 aliphatic heterocycles. The van der Waals surface area contributed by atoms with E-state index in [1.54, 1.807) is 36.2 Å². The van der Waals surface area contributed by atoms with E-state index in [0.717, 1.165) is 25.7 Å². The first-order valence-corrected chi connectivity index (χ1v) is 9.18. The van der Waals surface area contributed by atoms with E-state index < -0.39 is 5.82 Å². The topological polar surface area (TPSA) is 62.3 Å². The van der Waals surface area contributed by atoms with E-state index in [1.807, 2.05) is 7.05 Å². The molecule has 0 bridgehead atoms. The maximum absolute atomic E-state index is 14.2. The molecule has 2 amide bonds. The number of nitrogens with one attached hydrogen (secondary N) is 1. The highest BCUT2D eigenvalue weighted by Gasteiger charge is 2.25. The van der Waals surface area contributed by atoms with E-state index in [2.05, 4.69) is 10.3 Å². The molecule has 0 spiro atoms. The van der Waals surface area contributed by atoms with Crippen LogP contribution in [0.5, 0.6) is 0 Å². The van der Waals surface area contributed by atoms with Crippen molar-refractivity contribution in [3.05, 3.63) is 53.1 Å². The molecule has 0 unspecified atom stereocenters. The number of rotatable bonds is 4. The van der Waals surface area contributed by atoms with Crippen LogP contribution in [-0.4, -0.2) is 41.8 Å². The van der Waals surface area contributed by atoms with Crippen molar-refractivity contribution in [2.75, 3.05) is 14.1 Å². The molecule has 0 radical (unpaired) electrons. The number of carbonyl (C=O) groups is 2. The van der Waals surface area contributed by atoms with Crippen LogP contribution in [0.1, 0.15) is 52.1 Å². The molecule has 6 heteroatoms. The number of carbonyl (C=O) groups excluding carboxylic acids is 2. The van der Waals surface area contributed by atoms with Gasteiger partial charge in [-0.2, -0.15) is 0 Å². The van der Waals surface area contributed by atoms with Crippen LogP contribution >= 0.6 is 0 Å². The lowest BCUT2D eigenvalue weighted by atomic mass is 9.98. The molecule has 1 aromatic carbocycles. The third-order valence-corrected chi connectivity index (χ3v) is 5.32. The molecule has 5 nitrogen and oxygen atoms in total. The van der Waals surface area contributed by atoms with Gasteiger partial charge in [0.15, 0.2) is 0 Å². The lowest BCUT2D eigenvalue weighted by Crippen LogP contribution is -2.35. The minimum atomic E-state index is -0.452. The molecule has 1 aliphatic rings. The zero-order chi connectivity index (χ0) is 19.6. The molecule has 1 aliphatic carbocycles. The Hall–Kier alpha value is -2.76. The second-order valence-electron chi connectivity index (χ2n) is 7.00. The molecule has 0 saturated heterocycles. The van der Waals surface area contributed by atoms with Crippen molar-refractivity contribution in [1.29, 1.82) is 0 Å². The molecule has 1 fully saturated rings. The first-order chi connectivity index (χ1) is 12.9. The molecule has 1 heterocycles. The molecule has 142 valence electrons. The average Bonchev–Trinajstić information content (AvgIpc) is 3.23. The molecule has 1 aromatic heterocycles. The molecule has 1 N–H and O–H groups in total. The summed E-state index contributed by atoms with van der Waals surface area (Å²) in [4.78, 5) is 30.6. The van der Waals surface area contributed by atoms with E-state index in [4.69, 9.17) is 0 Å². The number of hydrogen-bond acceptors (Lipinski definition) is 3. The van der Waals surface area contributed by atoms with Gasteiger partial charge in [-0.1, -0.05) is 18.9 Å². The predicted molar refractivity (Wildman–Crippen MR) is 102 cm³/mol. The van der Waals surface area contributed by atoms with Crippen molar-refractivity contribution in [1.82, 2.24) is 15.2 Å². The number of nitrogens with zero attached hydrogens (tertiary/aromatic N) is 2. The number of amides is 2. The molecule has 2 aromatic rings. The Kier molecular flexibility index (Phi) is 5.54. The summed E-state index contributed by atoms with van der Waals surface area (Å²) >= 11 is 0. The van der Waals surface area contributed by atoms with Crippen LogP contribution in [0.15, 0.2) is 30.5 Å². The highest BCUT2D eigenvalue weighted by molar-refractivity contribution is 5.96. The third kappa shape index (κ3) is 3.84. The van der Waals surface area contributed by atoms with Gasteiger partial charge in [-0.25, -0.2) is 4.39 Å². The summed E-state index contributed by atoms with van der Waals surface area (Å²) in [5, 5.41) is 2.50. The van der Waals surface area contributed by atoms with Gasteiger partial charge in [-0.05, 0) is 49.1 Å². The fourth-order valence-electron chi connectivity index (χ4n) is 3.57. The van der Waals surface area contributed by atoms with Gasteiger partial charge in [0.05, 0.1) is 0 Å². The lowest BCUT2D eigenvalue weighted by Gasteiger charge is -2.23. The van der Waals surface area contributed by atoms with Crippen LogP contribution in [0.25, 0.3) is 11.1 Å². The minimum absolute atomic E-state index is 0.101. The Bertz CT molecular complexity index is 858. The third-order valence-electron chi connectivity index (χ3n) is 5.32. The first kappa shape index (κ1) is 19.0. The van der Waals surface area contributed by atoms with Gasteiger partial charge in [0, 0.05) is 37.5 Å². The monoisotopic (exact) mass is 369 g/mol. The van der Waals surface area contributed by atoms with Gasteiger partial charge < -0.3 is 10.2 Å². The SMILES string of the molecule is CNC(=O)c1cc(F)c(C)c(-c2ccc(C(=O)N(C)C3CCCC3)nc2)c1. The minimum Gasteiger partial charge on any atom is -0.355 e. The Balaban J connectivity index is 1.88. The largest absolute Gasteiger partial charge is 0.355 e. The van der Waals surface area contributed by atoms with Gasteiger partial charge in [-0.3, -0.25) is 14.6 Å². The summed E-state index contributed by atoms with van der Waals surface area (Å²) < 4.78 is 14.2. The van der Waals surface area contributed by atoms with Gasteiger partial charge in [-0.15, -0.1) is 0 Å². The van der Waals surface area contributed by atoms with Crippen molar-refractivity contribution in [3.63, 3.8) is 0 Å². The predicted octanol–water partition coefficient (Wildman–Crippen LogP) is 3.57. The van der Waals surface area contributed by atoms with Crippen molar-refractivity contribution < 1.29 is 14.0 Å². The van der Waals surface area contributed by atoms with E-state index in [-0.39, 0.29) is 23.4 Å². The molecule has 0 atom stereocenters. The maximum Gasteiger partial charge on any atom is 0.272 e.